The van der Waals surface area contributed by atoms with Crippen molar-refractivity contribution in [1.82, 2.24) is 0 Å². The monoisotopic (exact) mass is 186 g/mol. The van der Waals surface area contributed by atoms with E-state index >= 15 is 0 Å². The summed E-state index contributed by atoms with van der Waals surface area (Å²) in [6.07, 6.45) is 5.66. The summed E-state index contributed by atoms with van der Waals surface area (Å²) in [5, 5.41) is 0. The minimum Gasteiger partial charge on any atom is -0.162 e. The van der Waals surface area contributed by atoms with Gasteiger partial charge in [-0.2, -0.15) is 11.8 Å². The maximum absolute atomic E-state index is 2.46. The van der Waals surface area contributed by atoms with Crippen molar-refractivity contribution < 1.29 is 0 Å². The lowest BCUT2D eigenvalue weighted by Crippen LogP contribution is -2.27. The molecule has 1 saturated heterocycles. The van der Waals surface area contributed by atoms with Crippen LogP contribution in [0.25, 0.3) is 0 Å². The predicted molar refractivity (Wildman–Crippen MR) is 58.7 cm³/mol. The normalized spacial score (nSPS) is 21.2. The highest BCUT2D eigenvalue weighted by molar-refractivity contribution is 7.99. The Hall–Kier alpha value is 0.350. The summed E-state index contributed by atoms with van der Waals surface area (Å²) >= 11 is 2.13. The zero-order chi connectivity index (χ0) is 9.03. The third kappa shape index (κ3) is 2.69. The maximum Gasteiger partial charge on any atom is -0.00647 e. The SMILES string of the molecule is CCCC(C)(C)C1CCSCC1. The minimum atomic E-state index is 0.607. The van der Waals surface area contributed by atoms with Crippen molar-refractivity contribution in [3.8, 4) is 0 Å². The van der Waals surface area contributed by atoms with Crippen LogP contribution in [0.15, 0.2) is 0 Å². The molecule has 1 heterocycles. The lowest BCUT2D eigenvalue weighted by molar-refractivity contribution is 0.181. The van der Waals surface area contributed by atoms with E-state index in [0.717, 1.165) is 5.92 Å². The molecule has 0 N–H and O–H groups in total. The van der Waals surface area contributed by atoms with E-state index in [1.165, 1.54) is 37.2 Å². The van der Waals surface area contributed by atoms with Crippen molar-refractivity contribution in [2.45, 2.75) is 46.5 Å². The van der Waals surface area contributed by atoms with Crippen molar-refractivity contribution in [1.29, 1.82) is 0 Å². The third-order valence-corrected chi connectivity index (χ3v) is 4.27. The summed E-state index contributed by atoms with van der Waals surface area (Å²) in [6, 6.07) is 0. The number of hydrogen-bond acceptors (Lipinski definition) is 1. The van der Waals surface area contributed by atoms with Gasteiger partial charge in [0.15, 0.2) is 0 Å². The fourth-order valence-corrected chi connectivity index (χ4v) is 3.43. The van der Waals surface area contributed by atoms with Crippen molar-refractivity contribution in [3.05, 3.63) is 0 Å². The highest BCUT2D eigenvalue weighted by atomic mass is 32.2. The van der Waals surface area contributed by atoms with E-state index in [4.69, 9.17) is 0 Å². The molecule has 1 rings (SSSR count). The number of thioether (sulfide) groups is 1. The standard InChI is InChI=1S/C11H22S/c1-4-7-11(2,3)10-5-8-12-9-6-10/h10H,4-9H2,1-3H3. The lowest BCUT2D eigenvalue weighted by atomic mass is 9.73. The highest BCUT2D eigenvalue weighted by Crippen LogP contribution is 2.40. The molecule has 0 bridgehead atoms. The first-order chi connectivity index (χ1) is 5.67. The van der Waals surface area contributed by atoms with Gasteiger partial charge in [-0.15, -0.1) is 0 Å². The lowest BCUT2D eigenvalue weighted by Gasteiger charge is -2.36. The zero-order valence-electron chi connectivity index (χ0n) is 8.73. The van der Waals surface area contributed by atoms with Crippen LogP contribution in [0.1, 0.15) is 46.5 Å². The van der Waals surface area contributed by atoms with Gasteiger partial charge in [0.25, 0.3) is 0 Å². The average molecular weight is 186 g/mol. The summed E-state index contributed by atoms with van der Waals surface area (Å²) in [5.74, 6) is 3.80. The molecule has 0 radical (unpaired) electrons. The summed E-state index contributed by atoms with van der Waals surface area (Å²) in [4.78, 5) is 0. The van der Waals surface area contributed by atoms with Crippen LogP contribution in [-0.2, 0) is 0 Å². The minimum absolute atomic E-state index is 0.607. The average Bonchev–Trinajstić information content (AvgIpc) is 2.06. The number of rotatable bonds is 3. The fraction of sp³-hybridized carbons (Fsp3) is 1.00. The van der Waals surface area contributed by atoms with Crippen molar-refractivity contribution in [2.24, 2.45) is 11.3 Å². The summed E-state index contributed by atoms with van der Waals surface area (Å²) in [7, 11) is 0. The van der Waals surface area contributed by atoms with Gasteiger partial charge >= 0.3 is 0 Å². The molecule has 1 aliphatic heterocycles. The molecule has 1 aliphatic rings. The molecule has 1 heteroatoms. The Kier molecular flexibility index (Phi) is 3.95. The third-order valence-electron chi connectivity index (χ3n) is 3.22. The zero-order valence-corrected chi connectivity index (χ0v) is 9.54. The molecular weight excluding hydrogens is 164 g/mol. The molecule has 0 saturated carbocycles. The molecule has 12 heavy (non-hydrogen) atoms. The maximum atomic E-state index is 2.46. The first kappa shape index (κ1) is 10.4. The van der Waals surface area contributed by atoms with Gasteiger partial charge in [-0.1, -0.05) is 27.2 Å². The van der Waals surface area contributed by atoms with Crippen molar-refractivity contribution >= 4 is 11.8 Å². The van der Waals surface area contributed by atoms with Crippen LogP contribution in [-0.4, -0.2) is 11.5 Å². The van der Waals surface area contributed by atoms with E-state index < -0.39 is 0 Å². The van der Waals surface area contributed by atoms with Crippen LogP contribution in [0.3, 0.4) is 0 Å². The first-order valence-corrected chi connectivity index (χ1v) is 6.40. The van der Waals surface area contributed by atoms with E-state index in [2.05, 4.69) is 32.5 Å². The van der Waals surface area contributed by atoms with Crippen LogP contribution in [0, 0.1) is 11.3 Å². The second-order valence-electron chi connectivity index (χ2n) is 4.63. The Morgan fingerprint density at radius 2 is 1.83 bits per heavy atom. The Labute approximate surface area is 81.5 Å². The molecule has 0 spiro atoms. The molecule has 0 atom stereocenters. The van der Waals surface area contributed by atoms with Crippen LogP contribution < -0.4 is 0 Å². The van der Waals surface area contributed by atoms with E-state index in [9.17, 15) is 0 Å². The quantitative estimate of drug-likeness (QED) is 0.643. The van der Waals surface area contributed by atoms with Gasteiger partial charge < -0.3 is 0 Å². The van der Waals surface area contributed by atoms with E-state index in [1.807, 2.05) is 0 Å². The Balaban J connectivity index is 2.41. The van der Waals surface area contributed by atoms with Gasteiger partial charge in [0.05, 0.1) is 0 Å². The Morgan fingerprint density at radius 1 is 1.25 bits per heavy atom. The summed E-state index contributed by atoms with van der Waals surface area (Å²) in [5.41, 5.74) is 0.607. The van der Waals surface area contributed by atoms with E-state index in [1.54, 1.807) is 0 Å². The Bertz CT molecular complexity index is 123. The molecule has 0 aromatic heterocycles. The molecule has 0 unspecified atom stereocenters. The molecule has 0 aromatic carbocycles. The van der Waals surface area contributed by atoms with Crippen LogP contribution >= 0.6 is 11.8 Å². The van der Waals surface area contributed by atoms with Crippen LogP contribution in [0.2, 0.25) is 0 Å². The second kappa shape index (κ2) is 4.55. The summed E-state index contributed by atoms with van der Waals surface area (Å²) < 4.78 is 0. The molecule has 0 aliphatic carbocycles. The Morgan fingerprint density at radius 3 is 2.33 bits per heavy atom. The second-order valence-corrected chi connectivity index (χ2v) is 5.85. The predicted octanol–water partition coefficient (Wildman–Crippen LogP) is 3.96. The fourth-order valence-electron chi connectivity index (χ4n) is 2.33. The summed E-state index contributed by atoms with van der Waals surface area (Å²) in [6.45, 7) is 7.22. The molecule has 0 nitrogen and oxygen atoms in total. The van der Waals surface area contributed by atoms with Crippen LogP contribution in [0.4, 0.5) is 0 Å². The first-order valence-electron chi connectivity index (χ1n) is 5.24. The molecule has 1 fully saturated rings. The van der Waals surface area contributed by atoms with E-state index in [-0.39, 0.29) is 0 Å². The van der Waals surface area contributed by atoms with Gasteiger partial charge in [-0.25, -0.2) is 0 Å². The van der Waals surface area contributed by atoms with Gasteiger partial charge in [0.2, 0.25) is 0 Å². The molecule has 72 valence electrons. The van der Waals surface area contributed by atoms with Crippen LogP contribution in [0.5, 0.6) is 0 Å². The van der Waals surface area contributed by atoms with Gasteiger partial charge in [-0.05, 0) is 42.1 Å². The van der Waals surface area contributed by atoms with Gasteiger partial charge in [-0.3, -0.25) is 0 Å². The molecule has 0 amide bonds. The number of hydrogen-bond donors (Lipinski definition) is 0. The van der Waals surface area contributed by atoms with Crippen molar-refractivity contribution in [2.75, 3.05) is 11.5 Å². The molecule has 0 aromatic rings. The topological polar surface area (TPSA) is 0 Å². The van der Waals surface area contributed by atoms with Crippen molar-refractivity contribution in [3.63, 3.8) is 0 Å². The van der Waals surface area contributed by atoms with Gasteiger partial charge in [0.1, 0.15) is 0 Å². The molecular formula is C11H22S. The highest BCUT2D eigenvalue weighted by Gasteiger charge is 2.29. The largest absolute Gasteiger partial charge is 0.162 e. The smallest absolute Gasteiger partial charge is 0.00647 e. The van der Waals surface area contributed by atoms with Gasteiger partial charge in [0, 0.05) is 0 Å². The van der Waals surface area contributed by atoms with E-state index in [0.29, 0.717) is 5.41 Å².